The molecule has 0 saturated heterocycles. The van der Waals surface area contributed by atoms with E-state index in [-0.39, 0.29) is 10.0 Å². The number of H-pyrrole nitrogens is 1. The van der Waals surface area contributed by atoms with E-state index in [1.807, 2.05) is 0 Å². The first kappa shape index (κ1) is 19.7. The van der Waals surface area contributed by atoms with Crippen molar-refractivity contribution in [3.8, 4) is 0 Å². The average molecular weight is 434 g/mol. The molecule has 5 nitrogen and oxygen atoms in total. The highest BCUT2D eigenvalue weighted by atomic mass is 35.5. The van der Waals surface area contributed by atoms with E-state index < -0.39 is 11.7 Å². The molecule has 27 heavy (non-hydrogen) atoms. The Kier molecular flexibility index (Phi) is 5.73. The number of nitrogens with zero attached hydrogens (tertiary/aromatic N) is 2. The molecule has 1 heterocycles. The second kappa shape index (κ2) is 7.87. The summed E-state index contributed by atoms with van der Waals surface area (Å²) < 4.78 is 38.6. The number of nitrogens with one attached hydrogen (secondary N) is 3. The van der Waals surface area contributed by atoms with Crippen LogP contribution in [-0.2, 0) is 6.18 Å². The largest absolute Gasteiger partial charge is 0.416 e. The normalized spacial score (nSPS) is 11.5. The quantitative estimate of drug-likeness (QED) is 0.455. The van der Waals surface area contributed by atoms with E-state index in [0.29, 0.717) is 27.4 Å². The molecule has 3 rings (SSSR count). The molecule has 0 spiro atoms. The smallest absolute Gasteiger partial charge is 0.358 e. The Hall–Kier alpha value is -2.10. The molecule has 11 heteroatoms. The van der Waals surface area contributed by atoms with Crippen LogP contribution in [0.3, 0.4) is 0 Å². The molecule has 0 saturated carbocycles. The minimum Gasteiger partial charge on any atom is -0.358 e. The molecule has 0 amide bonds. The van der Waals surface area contributed by atoms with E-state index in [1.54, 1.807) is 25.2 Å². The number of anilines is 3. The van der Waals surface area contributed by atoms with Gasteiger partial charge in [0.25, 0.3) is 0 Å². The van der Waals surface area contributed by atoms with Gasteiger partial charge in [0, 0.05) is 22.5 Å². The summed E-state index contributed by atoms with van der Waals surface area (Å²) in [5.41, 5.74) is -0.192. The van der Waals surface area contributed by atoms with Crippen molar-refractivity contribution in [1.82, 2.24) is 15.2 Å². The number of hydrogen-bond donors (Lipinski definition) is 3. The van der Waals surface area contributed by atoms with Gasteiger partial charge in [-0.15, -0.1) is 5.10 Å². The third kappa shape index (κ3) is 4.79. The first-order valence-corrected chi connectivity index (χ1v) is 9.05. The molecule has 3 N–H and O–H groups in total. The lowest BCUT2D eigenvalue weighted by molar-refractivity contribution is -0.137. The van der Waals surface area contributed by atoms with Crippen molar-refractivity contribution < 1.29 is 13.2 Å². The lowest BCUT2D eigenvalue weighted by Gasteiger charge is -2.12. The second-order valence-corrected chi connectivity index (χ2v) is 7.18. The van der Waals surface area contributed by atoms with Gasteiger partial charge >= 0.3 is 6.18 Å². The summed E-state index contributed by atoms with van der Waals surface area (Å²) >= 11 is 13.6. The van der Waals surface area contributed by atoms with Crippen molar-refractivity contribution in [1.29, 1.82) is 0 Å². The van der Waals surface area contributed by atoms with Crippen LogP contribution in [0.15, 0.2) is 46.2 Å². The van der Waals surface area contributed by atoms with Crippen LogP contribution in [0.25, 0.3) is 0 Å². The van der Waals surface area contributed by atoms with E-state index in [0.717, 1.165) is 23.9 Å². The number of rotatable bonds is 5. The van der Waals surface area contributed by atoms with Crippen LogP contribution in [0.2, 0.25) is 10.0 Å². The maximum Gasteiger partial charge on any atom is 0.416 e. The molecular weight excluding hydrogens is 422 g/mol. The topological polar surface area (TPSA) is 65.6 Å². The Morgan fingerprint density at radius 3 is 2.41 bits per heavy atom. The van der Waals surface area contributed by atoms with E-state index in [4.69, 9.17) is 23.2 Å². The van der Waals surface area contributed by atoms with Crippen LogP contribution in [0.5, 0.6) is 0 Å². The van der Waals surface area contributed by atoms with Crippen molar-refractivity contribution in [3.05, 3.63) is 52.0 Å². The molecule has 142 valence electrons. The fourth-order valence-electron chi connectivity index (χ4n) is 2.14. The van der Waals surface area contributed by atoms with E-state index in [9.17, 15) is 13.2 Å². The van der Waals surface area contributed by atoms with Crippen molar-refractivity contribution in [3.63, 3.8) is 0 Å². The average Bonchev–Trinajstić information content (AvgIpc) is 3.05. The van der Waals surface area contributed by atoms with Gasteiger partial charge in [0.2, 0.25) is 11.9 Å². The van der Waals surface area contributed by atoms with Crippen molar-refractivity contribution in [2.24, 2.45) is 0 Å². The fourth-order valence-corrected chi connectivity index (χ4v) is 3.74. The number of hydrogen-bond acceptors (Lipinski definition) is 5. The van der Waals surface area contributed by atoms with Crippen LogP contribution in [0.4, 0.5) is 30.8 Å². The summed E-state index contributed by atoms with van der Waals surface area (Å²) in [7, 11) is 1.69. The minimum atomic E-state index is -4.42. The van der Waals surface area contributed by atoms with E-state index >= 15 is 0 Å². The summed E-state index contributed by atoms with van der Waals surface area (Å²) in [6.07, 6.45) is -4.42. The molecule has 0 unspecified atom stereocenters. The Bertz CT molecular complexity index is 938. The van der Waals surface area contributed by atoms with Crippen LogP contribution in [0.1, 0.15) is 5.56 Å². The number of alkyl halides is 3. The minimum absolute atomic E-state index is 0.289. The number of benzene rings is 2. The van der Waals surface area contributed by atoms with Gasteiger partial charge in [-0.05, 0) is 30.3 Å². The summed E-state index contributed by atoms with van der Waals surface area (Å²) in [4.78, 5) is 4.95. The predicted molar refractivity (Wildman–Crippen MR) is 101 cm³/mol. The highest BCUT2D eigenvalue weighted by Gasteiger charge is 2.30. The summed E-state index contributed by atoms with van der Waals surface area (Å²) in [5, 5.41) is 12.9. The molecule has 0 fully saturated rings. The summed E-state index contributed by atoms with van der Waals surface area (Å²) in [6.45, 7) is 0. The standard InChI is InChI=1S/C16H12Cl2F3N5S/c1-22-14-24-15(26-25-14)23-9-6-11(17)13(12(18)7-9)27-10-4-2-3-8(5-10)16(19,20)21/h2-7H,1H3,(H3,22,23,24,25,26). The van der Waals surface area contributed by atoms with Crippen LogP contribution in [-0.4, -0.2) is 22.2 Å². The highest BCUT2D eigenvalue weighted by Crippen LogP contribution is 2.42. The molecule has 0 aliphatic carbocycles. The Balaban J connectivity index is 1.83. The molecule has 3 aromatic rings. The monoisotopic (exact) mass is 433 g/mol. The zero-order valence-electron chi connectivity index (χ0n) is 13.7. The lowest BCUT2D eigenvalue weighted by Crippen LogP contribution is -2.04. The van der Waals surface area contributed by atoms with Crippen LogP contribution in [0, 0.1) is 0 Å². The van der Waals surface area contributed by atoms with Crippen molar-refractivity contribution in [2.75, 3.05) is 17.7 Å². The van der Waals surface area contributed by atoms with Gasteiger partial charge < -0.3 is 10.6 Å². The Labute approximate surface area is 166 Å². The second-order valence-electron chi connectivity index (χ2n) is 5.28. The number of halogens is 5. The zero-order valence-corrected chi connectivity index (χ0v) is 16.0. The van der Waals surface area contributed by atoms with Gasteiger partial charge in [-0.25, -0.2) is 5.10 Å². The molecule has 0 aliphatic rings. The predicted octanol–water partition coefficient (Wildman–Crippen LogP) is 6.07. The van der Waals surface area contributed by atoms with Gasteiger partial charge in [0.05, 0.1) is 15.6 Å². The number of aromatic nitrogens is 3. The molecular formula is C16H12Cl2F3N5S. The number of aromatic amines is 1. The summed E-state index contributed by atoms with van der Waals surface area (Å²) in [5.74, 6) is 0.788. The maximum absolute atomic E-state index is 12.9. The first-order valence-electron chi connectivity index (χ1n) is 7.47. The van der Waals surface area contributed by atoms with Crippen LogP contribution >= 0.6 is 35.0 Å². The molecule has 0 aliphatic heterocycles. The summed E-state index contributed by atoms with van der Waals surface area (Å²) in [6, 6.07) is 8.15. The zero-order chi connectivity index (χ0) is 19.6. The third-order valence-electron chi connectivity index (χ3n) is 3.36. The van der Waals surface area contributed by atoms with Crippen molar-refractivity contribution in [2.45, 2.75) is 16.0 Å². The Morgan fingerprint density at radius 2 is 1.81 bits per heavy atom. The fraction of sp³-hybridized carbons (Fsp3) is 0.125. The first-order chi connectivity index (χ1) is 12.8. The lowest BCUT2D eigenvalue weighted by atomic mass is 10.2. The van der Waals surface area contributed by atoms with E-state index in [2.05, 4.69) is 25.8 Å². The molecule has 0 bridgehead atoms. The van der Waals surface area contributed by atoms with Gasteiger partial charge in [0.1, 0.15) is 0 Å². The van der Waals surface area contributed by atoms with Gasteiger partial charge in [-0.1, -0.05) is 41.0 Å². The molecule has 1 aromatic heterocycles. The van der Waals surface area contributed by atoms with Gasteiger partial charge in [-0.2, -0.15) is 18.2 Å². The van der Waals surface area contributed by atoms with Gasteiger partial charge in [-0.3, -0.25) is 0 Å². The Morgan fingerprint density at radius 1 is 1.11 bits per heavy atom. The molecule has 0 radical (unpaired) electrons. The SMILES string of the molecule is CNc1nc(Nc2cc(Cl)c(Sc3cccc(C(F)(F)F)c3)c(Cl)c2)n[nH]1. The van der Waals surface area contributed by atoms with Gasteiger partial charge in [0.15, 0.2) is 0 Å². The highest BCUT2D eigenvalue weighted by molar-refractivity contribution is 7.99. The van der Waals surface area contributed by atoms with Crippen molar-refractivity contribution >= 4 is 52.5 Å². The molecule has 0 atom stereocenters. The van der Waals surface area contributed by atoms with Crippen LogP contribution < -0.4 is 10.6 Å². The third-order valence-corrected chi connectivity index (χ3v) is 5.31. The molecule has 2 aromatic carbocycles. The maximum atomic E-state index is 12.9. The van der Waals surface area contributed by atoms with E-state index in [1.165, 1.54) is 6.07 Å².